The summed E-state index contributed by atoms with van der Waals surface area (Å²) >= 11 is 0. The van der Waals surface area contributed by atoms with Crippen LogP contribution in [0, 0.1) is 0 Å². The lowest BCUT2D eigenvalue weighted by Gasteiger charge is -2.04. The van der Waals surface area contributed by atoms with Gasteiger partial charge in [0.15, 0.2) is 18.3 Å². The molecule has 0 fully saturated rings. The number of hydrogen-bond donors (Lipinski definition) is 1. The normalized spacial score (nSPS) is 10.7. The molecule has 0 aliphatic heterocycles. The first-order valence-electron chi connectivity index (χ1n) is 9.73. The quantitative estimate of drug-likeness (QED) is 0.438. The summed E-state index contributed by atoms with van der Waals surface area (Å²) in [4.78, 5) is 15.4. The summed E-state index contributed by atoms with van der Waals surface area (Å²) in [6, 6.07) is 27.4. The van der Waals surface area contributed by atoms with Crippen LogP contribution in [0.15, 0.2) is 89.3 Å². The number of carboxylic acids is 1. The van der Waals surface area contributed by atoms with Gasteiger partial charge in [0.05, 0.1) is 0 Å². The van der Waals surface area contributed by atoms with Crippen molar-refractivity contribution in [1.82, 2.24) is 4.98 Å². The second kappa shape index (κ2) is 9.09. The molecule has 3 aromatic carbocycles. The maximum atomic E-state index is 10.6. The smallest absolute Gasteiger partial charge is 0.341 e. The number of ether oxygens (including phenoxy) is 1. The number of oxazole rings is 1. The third-order valence-electron chi connectivity index (χ3n) is 4.67. The Bertz CT molecular complexity index is 1050. The van der Waals surface area contributed by atoms with Crippen molar-refractivity contribution in [3.63, 3.8) is 0 Å². The summed E-state index contributed by atoms with van der Waals surface area (Å²) in [6.45, 7) is -0.347. The van der Waals surface area contributed by atoms with E-state index in [1.165, 1.54) is 0 Å². The Labute approximate surface area is 174 Å². The number of aromatic nitrogens is 1. The number of carbonyl (C=O) groups is 1. The number of hydrogen-bond acceptors (Lipinski definition) is 4. The molecule has 0 bridgehead atoms. The maximum absolute atomic E-state index is 10.6. The van der Waals surface area contributed by atoms with Crippen LogP contribution in [0.4, 0.5) is 0 Å². The average molecular weight is 399 g/mol. The second-order valence-electron chi connectivity index (χ2n) is 6.84. The maximum Gasteiger partial charge on any atom is 0.341 e. The van der Waals surface area contributed by atoms with Crippen LogP contribution in [0.25, 0.3) is 22.6 Å². The third-order valence-corrected chi connectivity index (χ3v) is 4.67. The molecular weight excluding hydrogens is 378 g/mol. The zero-order valence-electron chi connectivity index (χ0n) is 16.3. The van der Waals surface area contributed by atoms with E-state index in [4.69, 9.17) is 19.2 Å². The molecule has 30 heavy (non-hydrogen) atoms. The molecule has 4 rings (SSSR count). The van der Waals surface area contributed by atoms with Crippen LogP contribution < -0.4 is 4.74 Å². The summed E-state index contributed by atoms with van der Waals surface area (Å²) < 4.78 is 11.3. The first-order valence-corrected chi connectivity index (χ1v) is 9.73. The van der Waals surface area contributed by atoms with E-state index in [-0.39, 0.29) is 6.61 Å². The largest absolute Gasteiger partial charge is 0.482 e. The van der Waals surface area contributed by atoms with Gasteiger partial charge in [-0.1, -0.05) is 72.8 Å². The van der Waals surface area contributed by atoms with Crippen LogP contribution >= 0.6 is 0 Å². The number of aryl methyl sites for hydroxylation is 2. The molecular formula is C25H21NO4. The molecule has 1 heterocycles. The van der Waals surface area contributed by atoms with Crippen molar-refractivity contribution in [2.45, 2.75) is 12.8 Å². The minimum atomic E-state index is -0.994. The highest BCUT2D eigenvalue weighted by molar-refractivity contribution is 5.76. The van der Waals surface area contributed by atoms with Gasteiger partial charge in [-0.3, -0.25) is 0 Å². The molecule has 150 valence electrons. The van der Waals surface area contributed by atoms with Gasteiger partial charge < -0.3 is 14.3 Å². The predicted molar refractivity (Wildman–Crippen MR) is 114 cm³/mol. The molecule has 0 aliphatic carbocycles. The topological polar surface area (TPSA) is 72.6 Å². The van der Waals surface area contributed by atoms with E-state index < -0.39 is 5.97 Å². The van der Waals surface area contributed by atoms with Crippen molar-refractivity contribution in [2.24, 2.45) is 0 Å². The fraction of sp³-hybridized carbons (Fsp3) is 0.120. The first kappa shape index (κ1) is 19.5. The summed E-state index contributed by atoms with van der Waals surface area (Å²) in [7, 11) is 0. The fourth-order valence-corrected chi connectivity index (χ4v) is 3.20. The summed E-state index contributed by atoms with van der Waals surface area (Å²) in [5, 5.41) is 8.69. The van der Waals surface area contributed by atoms with Crippen LogP contribution in [0.3, 0.4) is 0 Å². The van der Waals surface area contributed by atoms with Gasteiger partial charge in [-0.15, -0.1) is 0 Å². The second-order valence-corrected chi connectivity index (χ2v) is 6.84. The molecule has 5 heteroatoms. The molecule has 0 radical (unpaired) electrons. The number of rotatable bonds is 8. The molecule has 5 nitrogen and oxygen atoms in total. The van der Waals surface area contributed by atoms with E-state index in [1.54, 1.807) is 12.1 Å². The lowest BCUT2D eigenvalue weighted by Crippen LogP contribution is -2.09. The highest BCUT2D eigenvalue weighted by Gasteiger charge is 2.16. The van der Waals surface area contributed by atoms with Gasteiger partial charge in [0.25, 0.3) is 0 Å². The molecule has 1 aromatic heterocycles. The van der Waals surface area contributed by atoms with Gasteiger partial charge in [0, 0.05) is 17.5 Å². The Kier molecular flexibility index (Phi) is 5.90. The molecule has 1 N–H and O–H groups in total. The van der Waals surface area contributed by atoms with Crippen LogP contribution in [0.2, 0.25) is 0 Å². The number of benzene rings is 3. The first-order chi connectivity index (χ1) is 14.7. The Balaban J connectivity index is 1.52. The number of carboxylic acid groups (broad SMARTS) is 1. The lowest BCUT2D eigenvalue weighted by molar-refractivity contribution is -0.139. The highest BCUT2D eigenvalue weighted by Crippen LogP contribution is 2.32. The van der Waals surface area contributed by atoms with Crippen LogP contribution in [-0.4, -0.2) is 22.7 Å². The van der Waals surface area contributed by atoms with Crippen molar-refractivity contribution in [3.8, 4) is 28.3 Å². The van der Waals surface area contributed by atoms with Gasteiger partial charge in [-0.2, -0.15) is 0 Å². The molecule has 4 aromatic rings. The zero-order valence-corrected chi connectivity index (χ0v) is 16.3. The van der Waals surface area contributed by atoms with Crippen molar-refractivity contribution in [3.05, 3.63) is 96.4 Å². The van der Waals surface area contributed by atoms with E-state index in [9.17, 15) is 4.79 Å². The third kappa shape index (κ3) is 4.75. The summed E-state index contributed by atoms with van der Waals surface area (Å²) in [6.07, 6.45) is 1.41. The van der Waals surface area contributed by atoms with E-state index >= 15 is 0 Å². The Morgan fingerprint density at radius 3 is 2.10 bits per heavy atom. The molecule has 0 unspecified atom stereocenters. The lowest BCUT2D eigenvalue weighted by atomic mass is 10.1. The Morgan fingerprint density at radius 1 is 0.833 bits per heavy atom. The number of aliphatic carboxylic acids is 1. The molecule has 0 amide bonds. The summed E-state index contributed by atoms with van der Waals surface area (Å²) in [5.41, 5.74) is 3.95. The van der Waals surface area contributed by atoms with Crippen LogP contribution in [-0.2, 0) is 17.6 Å². The van der Waals surface area contributed by atoms with Crippen molar-refractivity contribution < 1.29 is 19.1 Å². The van der Waals surface area contributed by atoms with Gasteiger partial charge in [-0.25, -0.2) is 9.78 Å². The highest BCUT2D eigenvalue weighted by atomic mass is 16.5. The number of nitrogens with zero attached hydrogens (tertiary/aromatic N) is 1. The van der Waals surface area contributed by atoms with Gasteiger partial charge >= 0.3 is 5.97 Å². The van der Waals surface area contributed by atoms with E-state index in [0.29, 0.717) is 18.1 Å². The van der Waals surface area contributed by atoms with Gasteiger partial charge in [0.2, 0.25) is 0 Å². The minimum absolute atomic E-state index is 0.347. The minimum Gasteiger partial charge on any atom is -0.482 e. The molecule has 0 aliphatic rings. The van der Waals surface area contributed by atoms with E-state index in [0.717, 1.165) is 34.6 Å². The van der Waals surface area contributed by atoms with Crippen LogP contribution in [0.5, 0.6) is 5.75 Å². The van der Waals surface area contributed by atoms with E-state index in [1.807, 2.05) is 72.8 Å². The standard InChI is InChI=1S/C25H21NO4/c27-23(28)17-29-21-14-11-18(12-15-21)13-16-22-26-24(19-7-3-1-4-8-19)25(30-22)20-9-5-2-6-10-20/h1-12,14-15H,13,16-17H2,(H,27,28). The Morgan fingerprint density at radius 2 is 1.47 bits per heavy atom. The monoisotopic (exact) mass is 399 g/mol. The van der Waals surface area contributed by atoms with Crippen molar-refractivity contribution in [2.75, 3.05) is 6.61 Å². The van der Waals surface area contributed by atoms with E-state index in [2.05, 4.69) is 0 Å². The van der Waals surface area contributed by atoms with Crippen LogP contribution in [0.1, 0.15) is 11.5 Å². The fourth-order valence-electron chi connectivity index (χ4n) is 3.20. The molecule has 0 saturated heterocycles. The van der Waals surface area contributed by atoms with Gasteiger partial charge in [0.1, 0.15) is 11.4 Å². The van der Waals surface area contributed by atoms with Gasteiger partial charge in [-0.05, 0) is 24.1 Å². The predicted octanol–water partition coefficient (Wildman–Crippen LogP) is 5.26. The van der Waals surface area contributed by atoms with Crippen molar-refractivity contribution >= 4 is 5.97 Å². The average Bonchev–Trinajstić information content (AvgIpc) is 3.22. The van der Waals surface area contributed by atoms with Crippen molar-refractivity contribution in [1.29, 1.82) is 0 Å². The summed E-state index contributed by atoms with van der Waals surface area (Å²) in [5.74, 6) is 0.995. The Hall–Kier alpha value is -3.86. The zero-order chi connectivity index (χ0) is 20.8. The molecule has 0 saturated carbocycles. The SMILES string of the molecule is O=C(O)COc1ccc(CCc2nc(-c3ccccc3)c(-c3ccccc3)o2)cc1. The molecule has 0 spiro atoms. The molecule has 0 atom stereocenters.